The molecule has 3 nitrogen and oxygen atoms in total. The summed E-state index contributed by atoms with van der Waals surface area (Å²) in [6.45, 7) is 0. The van der Waals surface area contributed by atoms with Crippen LogP contribution in [0, 0.1) is 0 Å². The molecule has 0 fully saturated rings. The summed E-state index contributed by atoms with van der Waals surface area (Å²) in [6.07, 6.45) is 1.34. The monoisotopic (exact) mass is 225 g/mol. The highest BCUT2D eigenvalue weighted by atomic mass is 35.5. The van der Waals surface area contributed by atoms with Crippen LogP contribution in [0.15, 0.2) is 18.2 Å². The molecular formula is C11H12ClNO2. The fraction of sp³-hybridized carbons (Fsp3) is 0.364. The van der Waals surface area contributed by atoms with Crippen molar-refractivity contribution in [3.8, 4) is 0 Å². The Labute approximate surface area is 93.2 Å². The molecule has 1 aliphatic carbocycles. The zero-order valence-corrected chi connectivity index (χ0v) is 9.17. The highest BCUT2D eigenvalue weighted by Crippen LogP contribution is 2.36. The van der Waals surface area contributed by atoms with E-state index in [2.05, 4.69) is 0 Å². The molecule has 0 spiro atoms. The zero-order chi connectivity index (χ0) is 11.1. The predicted molar refractivity (Wildman–Crippen MR) is 57.7 cm³/mol. The molecule has 1 unspecified atom stereocenters. The Morgan fingerprint density at radius 3 is 3.00 bits per heavy atom. The Morgan fingerprint density at radius 2 is 2.33 bits per heavy atom. The smallest absolute Gasteiger partial charge is 0.330 e. The SMILES string of the molecule is COC(=O)C1(N)CCc2cc(Cl)ccc21. The maximum Gasteiger partial charge on any atom is 0.330 e. The van der Waals surface area contributed by atoms with E-state index in [1.54, 1.807) is 6.07 Å². The van der Waals surface area contributed by atoms with E-state index in [4.69, 9.17) is 22.1 Å². The summed E-state index contributed by atoms with van der Waals surface area (Å²) >= 11 is 5.87. The lowest BCUT2D eigenvalue weighted by atomic mass is 9.93. The summed E-state index contributed by atoms with van der Waals surface area (Å²) in [4.78, 5) is 11.6. The van der Waals surface area contributed by atoms with Gasteiger partial charge in [0.1, 0.15) is 5.54 Å². The Balaban J connectivity index is 2.48. The summed E-state index contributed by atoms with van der Waals surface area (Å²) in [5.74, 6) is -0.386. The van der Waals surface area contributed by atoms with Crippen LogP contribution in [0.3, 0.4) is 0 Å². The van der Waals surface area contributed by atoms with Crippen LogP contribution in [0.4, 0.5) is 0 Å². The second kappa shape index (κ2) is 3.51. The lowest BCUT2D eigenvalue weighted by Crippen LogP contribution is -2.43. The first kappa shape index (κ1) is 10.5. The number of hydrogen-bond acceptors (Lipinski definition) is 3. The van der Waals surface area contributed by atoms with Gasteiger partial charge in [-0.05, 0) is 36.1 Å². The molecule has 0 amide bonds. The largest absolute Gasteiger partial charge is 0.467 e. The molecule has 15 heavy (non-hydrogen) atoms. The third-order valence-corrected chi connectivity index (χ3v) is 3.12. The lowest BCUT2D eigenvalue weighted by molar-refractivity contribution is -0.147. The topological polar surface area (TPSA) is 52.3 Å². The number of benzene rings is 1. The number of esters is 1. The molecule has 0 radical (unpaired) electrons. The number of carbonyl (C=O) groups excluding carboxylic acids is 1. The first-order valence-electron chi connectivity index (χ1n) is 4.74. The van der Waals surface area contributed by atoms with E-state index < -0.39 is 5.54 Å². The fourth-order valence-corrected chi connectivity index (χ4v) is 2.26. The number of fused-ring (bicyclic) bond motifs is 1. The Kier molecular flexibility index (Phi) is 2.44. The molecule has 2 N–H and O–H groups in total. The summed E-state index contributed by atoms with van der Waals surface area (Å²) in [5, 5.41) is 0.669. The Morgan fingerprint density at radius 1 is 1.60 bits per heavy atom. The molecule has 1 atom stereocenters. The van der Waals surface area contributed by atoms with Crippen molar-refractivity contribution in [3.63, 3.8) is 0 Å². The van der Waals surface area contributed by atoms with Gasteiger partial charge in [0, 0.05) is 5.02 Å². The van der Waals surface area contributed by atoms with E-state index in [-0.39, 0.29) is 5.97 Å². The number of ether oxygens (including phenoxy) is 1. The van der Waals surface area contributed by atoms with Crippen LogP contribution < -0.4 is 5.73 Å². The van der Waals surface area contributed by atoms with Crippen LogP contribution in [-0.2, 0) is 21.5 Å². The lowest BCUT2D eigenvalue weighted by Gasteiger charge is -2.21. The van der Waals surface area contributed by atoms with Crippen molar-refractivity contribution >= 4 is 17.6 Å². The normalized spacial score (nSPS) is 23.7. The molecule has 0 saturated carbocycles. The number of nitrogens with two attached hydrogens (primary N) is 1. The van der Waals surface area contributed by atoms with Crippen molar-refractivity contribution in [1.82, 2.24) is 0 Å². The molecule has 0 heterocycles. The molecule has 0 aromatic heterocycles. The Bertz CT molecular complexity index is 419. The molecule has 1 aromatic carbocycles. The van der Waals surface area contributed by atoms with Gasteiger partial charge in [0.05, 0.1) is 7.11 Å². The van der Waals surface area contributed by atoms with Crippen LogP contribution in [0.5, 0.6) is 0 Å². The van der Waals surface area contributed by atoms with Crippen LogP contribution in [-0.4, -0.2) is 13.1 Å². The van der Waals surface area contributed by atoms with E-state index in [0.717, 1.165) is 17.5 Å². The van der Waals surface area contributed by atoms with Crippen LogP contribution in [0.1, 0.15) is 17.5 Å². The van der Waals surface area contributed by atoms with E-state index in [0.29, 0.717) is 11.4 Å². The van der Waals surface area contributed by atoms with Crippen LogP contribution in [0.2, 0.25) is 5.02 Å². The molecule has 2 rings (SSSR count). The summed E-state index contributed by atoms with van der Waals surface area (Å²) in [7, 11) is 1.35. The average Bonchev–Trinajstić information content (AvgIpc) is 2.56. The minimum Gasteiger partial charge on any atom is -0.467 e. The number of halogens is 1. The van der Waals surface area contributed by atoms with Crippen molar-refractivity contribution in [3.05, 3.63) is 34.3 Å². The van der Waals surface area contributed by atoms with Crippen molar-refractivity contribution in [2.45, 2.75) is 18.4 Å². The van der Waals surface area contributed by atoms with Gasteiger partial charge in [0.15, 0.2) is 0 Å². The Hall–Kier alpha value is -1.06. The molecule has 1 aromatic rings. The van der Waals surface area contributed by atoms with Gasteiger partial charge in [-0.25, -0.2) is 4.79 Å². The minimum atomic E-state index is -0.991. The second-order valence-electron chi connectivity index (χ2n) is 3.76. The maximum atomic E-state index is 11.6. The molecule has 80 valence electrons. The molecule has 0 saturated heterocycles. The standard InChI is InChI=1S/C11H12ClNO2/c1-15-10(14)11(13)5-4-7-6-8(12)2-3-9(7)11/h2-3,6H,4-5,13H2,1H3. The van der Waals surface area contributed by atoms with Gasteiger partial charge in [-0.2, -0.15) is 0 Å². The summed E-state index contributed by atoms with van der Waals surface area (Å²) in [6, 6.07) is 5.41. The highest BCUT2D eigenvalue weighted by molar-refractivity contribution is 6.30. The van der Waals surface area contributed by atoms with Gasteiger partial charge in [0.25, 0.3) is 0 Å². The first-order chi connectivity index (χ1) is 7.08. The quantitative estimate of drug-likeness (QED) is 0.739. The number of rotatable bonds is 1. The number of hydrogen-bond donors (Lipinski definition) is 1. The van der Waals surface area contributed by atoms with E-state index in [1.165, 1.54) is 7.11 Å². The third-order valence-electron chi connectivity index (χ3n) is 2.89. The molecule has 0 aliphatic heterocycles. The van der Waals surface area contributed by atoms with Crippen molar-refractivity contribution in [1.29, 1.82) is 0 Å². The zero-order valence-electron chi connectivity index (χ0n) is 8.42. The number of methoxy groups -OCH3 is 1. The predicted octanol–water partition coefficient (Wildman–Crippen LogP) is 1.61. The number of carbonyl (C=O) groups is 1. The van der Waals surface area contributed by atoms with Gasteiger partial charge in [-0.1, -0.05) is 17.7 Å². The summed E-state index contributed by atoms with van der Waals surface area (Å²) in [5.41, 5.74) is 6.94. The maximum absolute atomic E-state index is 11.6. The molecular weight excluding hydrogens is 214 g/mol. The van der Waals surface area contributed by atoms with Gasteiger partial charge in [-0.3, -0.25) is 0 Å². The van der Waals surface area contributed by atoms with Gasteiger partial charge >= 0.3 is 5.97 Å². The van der Waals surface area contributed by atoms with E-state index >= 15 is 0 Å². The first-order valence-corrected chi connectivity index (χ1v) is 5.12. The minimum absolute atomic E-state index is 0.386. The van der Waals surface area contributed by atoms with Gasteiger partial charge in [-0.15, -0.1) is 0 Å². The summed E-state index contributed by atoms with van der Waals surface area (Å²) < 4.78 is 4.73. The van der Waals surface area contributed by atoms with Crippen molar-refractivity contribution in [2.75, 3.05) is 7.11 Å². The van der Waals surface area contributed by atoms with Gasteiger partial charge in [0.2, 0.25) is 0 Å². The fourth-order valence-electron chi connectivity index (χ4n) is 2.06. The van der Waals surface area contributed by atoms with Crippen LogP contribution >= 0.6 is 11.6 Å². The highest BCUT2D eigenvalue weighted by Gasteiger charge is 2.42. The van der Waals surface area contributed by atoms with Crippen LogP contribution in [0.25, 0.3) is 0 Å². The van der Waals surface area contributed by atoms with Gasteiger partial charge < -0.3 is 10.5 Å². The molecule has 4 heteroatoms. The second-order valence-corrected chi connectivity index (χ2v) is 4.20. The van der Waals surface area contributed by atoms with Crippen molar-refractivity contribution in [2.24, 2.45) is 5.73 Å². The van der Waals surface area contributed by atoms with E-state index in [1.807, 2.05) is 12.1 Å². The molecule has 1 aliphatic rings. The van der Waals surface area contributed by atoms with E-state index in [9.17, 15) is 4.79 Å². The third kappa shape index (κ3) is 1.52. The molecule has 0 bridgehead atoms. The van der Waals surface area contributed by atoms with Crippen molar-refractivity contribution < 1.29 is 9.53 Å². The number of aryl methyl sites for hydroxylation is 1. The average molecular weight is 226 g/mol.